The molecule has 1 aromatic heterocycles. The molecule has 1 atom stereocenters. The van der Waals surface area contributed by atoms with Crippen LogP contribution >= 0.6 is 11.3 Å². The largest absolute Gasteiger partial charge is 0.369 e. The highest BCUT2D eigenvalue weighted by Crippen LogP contribution is 2.19. The molecule has 18 heavy (non-hydrogen) atoms. The molecule has 1 heterocycles. The Labute approximate surface area is 113 Å². The zero-order valence-corrected chi connectivity index (χ0v) is 12.4. The summed E-state index contributed by atoms with van der Waals surface area (Å²) in [5.41, 5.74) is 1.02. The highest BCUT2D eigenvalue weighted by Gasteiger charge is 2.13. The number of aryl methyl sites for hydroxylation is 2. The summed E-state index contributed by atoms with van der Waals surface area (Å²) in [6.07, 6.45) is 1.72. The predicted octanol–water partition coefficient (Wildman–Crippen LogP) is 2.45. The van der Waals surface area contributed by atoms with E-state index in [-0.39, 0.29) is 5.91 Å². The smallest absolute Gasteiger partial charge is 0.249 e. The van der Waals surface area contributed by atoms with Crippen LogP contribution in [0.1, 0.15) is 42.8 Å². The van der Waals surface area contributed by atoms with Crippen molar-refractivity contribution >= 4 is 17.2 Å². The van der Waals surface area contributed by atoms with Crippen LogP contribution in [0.5, 0.6) is 0 Å². The number of nitrogens with one attached hydrogen (secondary N) is 1. The van der Waals surface area contributed by atoms with Gasteiger partial charge in [0.1, 0.15) is 6.10 Å². The minimum absolute atomic E-state index is 0.0679. The fourth-order valence-corrected chi connectivity index (χ4v) is 2.72. The molecule has 1 amide bonds. The second kappa shape index (κ2) is 7.48. The number of aromatic nitrogens is 1. The van der Waals surface area contributed by atoms with Crippen molar-refractivity contribution in [2.24, 2.45) is 0 Å². The number of thiazole rings is 1. The van der Waals surface area contributed by atoms with Crippen LogP contribution in [0, 0.1) is 6.92 Å². The summed E-state index contributed by atoms with van der Waals surface area (Å²) in [7, 11) is 0. The maximum atomic E-state index is 11.7. The Morgan fingerprint density at radius 2 is 2.22 bits per heavy atom. The molecule has 5 heteroatoms. The van der Waals surface area contributed by atoms with Gasteiger partial charge in [-0.1, -0.05) is 6.92 Å². The van der Waals surface area contributed by atoms with Gasteiger partial charge in [-0.05, 0) is 33.6 Å². The topological polar surface area (TPSA) is 51.2 Å². The third-order valence-corrected chi connectivity index (χ3v) is 3.83. The van der Waals surface area contributed by atoms with Crippen molar-refractivity contribution < 1.29 is 9.53 Å². The Hall–Kier alpha value is -0.940. The van der Waals surface area contributed by atoms with Crippen LogP contribution in [-0.2, 0) is 22.5 Å². The molecule has 0 radical (unpaired) electrons. The average Bonchev–Trinajstić information content (AvgIpc) is 2.67. The number of carbonyl (C=O) groups excluding carboxylic acids is 1. The first-order valence-corrected chi connectivity index (χ1v) is 7.24. The van der Waals surface area contributed by atoms with Crippen LogP contribution in [0.25, 0.3) is 0 Å². The van der Waals surface area contributed by atoms with Gasteiger partial charge in [-0.15, -0.1) is 11.3 Å². The molecule has 1 unspecified atom stereocenters. The maximum Gasteiger partial charge on any atom is 0.249 e. The van der Waals surface area contributed by atoms with E-state index in [2.05, 4.69) is 17.2 Å². The fourth-order valence-electron chi connectivity index (χ4n) is 1.61. The Morgan fingerprint density at radius 3 is 2.83 bits per heavy atom. The van der Waals surface area contributed by atoms with Crippen LogP contribution in [0.2, 0.25) is 0 Å². The van der Waals surface area contributed by atoms with Gasteiger partial charge in [0.15, 0.2) is 0 Å². The molecule has 4 nitrogen and oxygen atoms in total. The van der Waals surface area contributed by atoms with Gasteiger partial charge in [-0.25, -0.2) is 4.98 Å². The van der Waals surface area contributed by atoms with Crippen LogP contribution in [0.3, 0.4) is 0 Å². The summed E-state index contributed by atoms with van der Waals surface area (Å²) < 4.78 is 5.24. The number of ether oxygens (including phenoxy) is 1. The minimum atomic E-state index is -0.390. The van der Waals surface area contributed by atoms with Crippen molar-refractivity contribution in [1.29, 1.82) is 0 Å². The molecule has 0 aliphatic rings. The summed E-state index contributed by atoms with van der Waals surface area (Å²) in [5, 5.41) is 4.04. The Morgan fingerprint density at radius 1 is 1.50 bits per heavy atom. The average molecular weight is 270 g/mol. The zero-order chi connectivity index (χ0) is 13.5. The first-order chi connectivity index (χ1) is 8.58. The van der Waals surface area contributed by atoms with Gasteiger partial charge in [-0.3, -0.25) is 4.79 Å². The quantitative estimate of drug-likeness (QED) is 0.828. The van der Waals surface area contributed by atoms with Gasteiger partial charge >= 0.3 is 0 Å². The molecule has 0 aliphatic carbocycles. The lowest BCUT2D eigenvalue weighted by atomic mass is 10.3. The van der Waals surface area contributed by atoms with Crippen molar-refractivity contribution in [3.05, 3.63) is 15.6 Å². The summed E-state index contributed by atoms with van der Waals surface area (Å²) in [4.78, 5) is 17.3. The number of amides is 1. The van der Waals surface area contributed by atoms with E-state index in [4.69, 9.17) is 4.74 Å². The second-order valence-electron chi connectivity index (χ2n) is 4.18. The molecular formula is C13H22N2O2S. The minimum Gasteiger partial charge on any atom is -0.369 e. The van der Waals surface area contributed by atoms with Gasteiger partial charge in [0.05, 0.1) is 17.2 Å². The van der Waals surface area contributed by atoms with Gasteiger partial charge < -0.3 is 10.1 Å². The van der Waals surface area contributed by atoms with Crippen molar-refractivity contribution in [2.75, 3.05) is 6.61 Å². The van der Waals surface area contributed by atoms with Gasteiger partial charge in [-0.2, -0.15) is 0 Å². The van der Waals surface area contributed by atoms with E-state index >= 15 is 0 Å². The zero-order valence-electron chi connectivity index (χ0n) is 11.6. The summed E-state index contributed by atoms with van der Waals surface area (Å²) >= 11 is 1.68. The highest BCUT2D eigenvalue weighted by molar-refractivity contribution is 7.11. The Bertz CT molecular complexity index is 390. The van der Waals surface area contributed by atoms with Crippen molar-refractivity contribution in [3.63, 3.8) is 0 Å². The molecule has 1 aromatic rings. The van der Waals surface area contributed by atoms with E-state index < -0.39 is 6.10 Å². The molecule has 0 aromatic carbocycles. The molecule has 0 spiro atoms. The van der Waals surface area contributed by atoms with E-state index in [0.29, 0.717) is 13.2 Å². The molecule has 1 rings (SSSR count). The van der Waals surface area contributed by atoms with Crippen LogP contribution in [-0.4, -0.2) is 23.6 Å². The molecule has 0 bridgehead atoms. The standard InChI is InChI=1S/C13H22N2O2S/c1-5-7-12-15-9(3)11(18-12)8-14-13(16)10(4)17-6-2/h10H,5-8H2,1-4H3,(H,14,16). The summed E-state index contributed by atoms with van der Waals surface area (Å²) in [5.74, 6) is -0.0679. The first-order valence-electron chi connectivity index (χ1n) is 6.42. The Balaban J connectivity index is 2.50. The maximum absolute atomic E-state index is 11.7. The van der Waals surface area contributed by atoms with E-state index in [0.717, 1.165) is 28.4 Å². The molecule has 0 saturated carbocycles. The monoisotopic (exact) mass is 270 g/mol. The lowest BCUT2D eigenvalue weighted by Gasteiger charge is -2.11. The van der Waals surface area contributed by atoms with E-state index in [9.17, 15) is 4.79 Å². The number of hydrogen-bond donors (Lipinski definition) is 1. The SMILES string of the molecule is CCCc1nc(C)c(CNC(=O)C(C)OCC)s1. The molecule has 0 aliphatic heterocycles. The predicted molar refractivity (Wildman–Crippen MR) is 73.8 cm³/mol. The van der Waals surface area contributed by atoms with Crippen molar-refractivity contribution in [2.45, 2.75) is 53.2 Å². The lowest BCUT2D eigenvalue weighted by molar-refractivity contribution is -0.131. The molecular weight excluding hydrogens is 248 g/mol. The highest BCUT2D eigenvalue weighted by atomic mass is 32.1. The number of hydrogen-bond acceptors (Lipinski definition) is 4. The Kier molecular flexibility index (Phi) is 6.29. The van der Waals surface area contributed by atoms with Crippen LogP contribution in [0.4, 0.5) is 0 Å². The summed E-state index contributed by atoms with van der Waals surface area (Å²) in [6.45, 7) is 8.87. The van der Waals surface area contributed by atoms with Gasteiger partial charge in [0, 0.05) is 11.5 Å². The van der Waals surface area contributed by atoms with Crippen LogP contribution in [0.15, 0.2) is 0 Å². The number of rotatable bonds is 7. The fraction of sp³-hybridized carbons (Fsp3) is 0.692. The second-order valence-corrected chi connectivity index (χ2v) is 5.35. The van der Waals surface area contributed by atoms with Gasteiger partial charge in [0.25, 0.3) is 0 Å². The van der Waals surface area contributed by atoms with E-state index in [1.165, 1.54) is 0 Å². The van der Waals surface area contributed by atoms with Crippen molar-refractivity contribution in [1.82, 2.24) is 10.3 Å². The molecule has 102 valence electrons. The lowest BCUT2D eigenvalue weighted by Crippen LogP contribution is -2.34. The van der Waals surface area contributed by atoms with Crippen LogP contribution < -0.4 is 5.32 Å². The van der Waals surface area contributed by atoms with E-state index in [1.54, 1.807) is 18.3 Å². The van der Waals surface area contributed by atoms with E-state index in [1.807, 2.05) is 13.8 Å². The third-order valence-electron chi connectivity index (χ3n) is 2.61. The number of nitrogens with zero attached hydrogens (tertiary/aromatic N) is 1. The van der Waals surface area contributed by atoms with Crippen molar-refractivity contribution in [3.8, 4) is 0 Å². The normalized spacial score (nSPS) is 12.4. The third kappa shape index (κ3) is 4.38. The first kappa shape index (κ1) is 15.1. The number of carbonyl (C=O) groups is 1. The summed E-state index contributed by atoms with van der Waals surface area (Å²) in [6, 6.07) is 0. The molecule has 0 fully saturated rings. The molecule has 0 saturated heterocycles. The molecule has 1 N–H and O–H groups in total. The van der Waals surface area contributed by atoms with Gasteiger partial charge in [0.2, 0.25) is 5.91 Å².